The molecule has 8 nitrogen and oxygen atoms in total. The SMILES string of the molecule is CC[C@H](C)[C@@H](NC(=O)Nc1cccc(OC)c1)C(=O)Nc1nnc(-c2ccccc2)s1. The van der Waals surface area contributed by atoms with Crippen molar-refractivity contribution < 1.29 is 14.3 Å². The number of hydrogen-bond donors (Lipinski definition) is 3. The van der Waals surface area contributed by atoms with Crippen molar-refractivity contribution in [3.63, 3.8) is 0 Å². The maximum absolute atomic E-state index is 12.9. The molecule has 0 aliphatic carbocycles. The Hall–Kier alpha value is -3.46. The molecule has 2 atom stereocenters. The molecule has 9 heteroatoms. The molecule has 1 aromatic heterocycles. The standard InChI is InChI=1S/C22H25N5O3S/c1-4-14(2)18(24-21(29)23-16-11-8-12-17(13-16)30-3)19(28)25-22-27-26-20(31-22)15-9-6-5-7-10-15/h5-14,18H,4H2,1-3H3,(H2,23,24,29)(H,25,27,28)/t14-,18+/m0/s1. The Kier molecular flexibility index (Phi) is 7.55. The zero-order valence-corrected chi connectivity index (χ0v) is 18.4. The molecule has 3 amide bonds. The summed E-state index contributed by atoms with van der Waals surface area (Å²) < 4.78 is 5.16. The lowest BCUT2D eigenvalue weighted by molar-refractivity contribution is -0.119. The van der Waals surface area contributed by atoms with Crippen LogP contribution in [0.15, 0.2) is 54.6 Å². The molecule has 0 unspecified atom stereocenters. The van der Waals surface area contributed by atoms with Crippen molar-refractivity contribution >= 4 is 34.1 Å². The molecule has 0 saturated carbocycles. The number of rotatable bonds is 8. The summed E-state index contributed by atoms with van der Waals surface area (Å²) in [6, 6.07) is 15.4. The molecule has 3 N–H and O–H groups in total. The van der Waals surface area contributed by atoms with Crippen LogP contribution in [0.1, 0.15) is 20.3 Å². The number of carbonyl (C=O) groups is 2. The van der Waals surface area contributed by atoms with E-state index in [1.807, 2.05) is 44.2 Å². The first-order valence-corrected chi connectivity index (χ1v) is 10.7. The number of anilines is 2. The summed E-state index contributed by atoms with van der Waals surface area (Å²) in [6.07, 6.45) is 0.711. The van der Waals surface area contributed by atoms with Gasteiger partial charge in [0.05, 0.1) is 7.11 Å². The van der Waals surface area contributed by atoms with Crippen molar-refractivity contribution in [2.24, 2.45) is 5.92 Å². The van der Waals surface area contributed by atoms with E-state index in [1.54, 1.807) is 31.4 Å². The number of nitrogens with zero attached hydrogens (tertiary/aromatic N) is 2. The zero-order valence-electron chi connectivity index (χ0n) is 17.6. The molecule has 3 aromatic rings. The first-order valence-electron chi connectivity index (χ1n) is 9.91. The van der Waals surface area contributed by atoms with Crippen LogP contribution in [0, 0.1) is 5.92 Å². The van der Waals surface area contributed by atoms with E-state index in [4.69, 9.17) is 4.74 Å². The number of ether oxygens (including phenoxy) is 1. The maximum Gasteiger partial charge on any atom is 0.319 e. The van der Waals surface area contributed by atoms with Gasteiger partial charge in [-0.05, 0) is 18.1 Å². The van der Waals surface area contributed by atoms with E-state index in [0.717, 1.165) is 5.56 Å². The molecule has 3 rings (SSSR count). The van der Waals surface area contributed by atoms with Gasteiger partial charge in [0.2, 0.25) is 11.0 Å². The topological polar surface area (TPSA) is 105 Å². The van der Waals surface area contributed by atoms with E-state index >= 15 is 0 Å². The highest BCUT2D eigenvalue weighted by Gasteiger charge is 2.27. The van der Waals surface area contributed by atoms with Crippen LogP contribution in [0.2, 0.25) is 0 Å². The number of hydrogen-bond acceptors (Lipinski definition) is 6. The van der Waals surface area contributed by atoms with Crippen molar-refractivity contribution in [2.75, 3.05) is 17.7 Å². The van der Waals surface area contributed by atoms with Gasteiger partial charge in [-0.3, -0.25) is 10.1 Å². The number of amides is 3. The normalized spacial score (nSPS) is 12.5. The Balaban J connectivity index is 1.66. The number of nitrogens with one attached hydrogen (secondary N) is 3. The second-order valence-electron chi connectivity index (χ2n) is 6.96. The fourth-order valence-corrected chi connectivity index (χ4v) is 3.62. The predicted octanol–water partition coefficient (Wildman–Crippen LogP) is 4.39. The van der Waals surface area contributed by atoms with E-state index in [-0.39, 0.29) is 11.8 Å². The number of benzene rings is 2. The average molecular weight is 440 g/mol. The van der Waals surface area contributed by atoms with Crippen LogP contribution in [-0.2, 0) is 4.79 Å². The lowest BCUT2D eigenvalue weighted by Gasteiger charge is -2.23. The monoisotopic (exact) mass is 439 g/mol. The minimum Gasteiger partial charge on any atom is -0.497 e. The molecule has 0 bridgehead atoms. The molecule has 0 aliphatic heterocycles. The van der Waals surface area contributed by atoms with Crippen molar-refractivity contribution in [2.45, 2.75) is 26.3 Å². The molecule has 2 aromatic carbocycles. The van der Waals surface area contributed by atoms with E-state index in [9.17, 15) is 9.59 Å². The lowest BCUT2D eigenvalue weighted by atomic mass is 9.98. The Labute approximate surface area is 185 Å². The van der Waals surface area contributed by atoms with Crippen LogP contribution in [-0.4, -0.2) is 35.3 Å². The van der Waals surface area contributed by atoms with Gasteiger partial charge < -0.3 is 15.4 Å². The summed E-state index contributed by atoms with van der Waals surface area (Å²) in [5.74, 6) is 0.197. The Morgan fingerprint density at radius 2 is 1.84 bits per heavy atom. The van der Waals surface area contributed by atoms with Crippen LogP contribution in [0.3, 0.4) is 0 Å². The molecule has 0 spiro atoms. The van der Waals surface area contributed by atoms with E-state index in [0.29, 0.717) is 28.0 Å². The summed E-state index contributed by atoms with van der Waals surface area (Å²) in [7, 11) is 1.55. The highest BCUT2D eigenvalue weighted by atomic mass is 32.1. The molecular weight excluding hydrogens is 414 g/mol. The van der Waals surface area contributed by atoms with Gasteiger partial charge in [0.15, 0.2) is 0 Å². The lowest BCUT2D eigenvalue weighted by Crippen LogP contribution is -2.49. The summed E-state index contributed by atoms with van der Waals surface area (Å²) in [5.41, 5.74) is 1.49. The van der Waals surface area contributed by atoms with E-state index in [1.165, 1.54) is 11.3 Å². The first kappa shape index (κ1) is 22.2. The van der Waals surface area contributed by atoms with Crippen molar-refractivity contribution in [1.82, 2.24) is 15.5 Å². The number of urea groups is 1. The van der Waals surface area contributed by atoms with Gasteiger partial charge >= 0.3 is 6.03 Å². The third kappa shape index (κ3) is 6.02. The van der Waals surface area contributed by atoms with E-state index < -0.39 is 12.1 Å². The zero-order chi connectivity index (χ0) is 22.2. The van der Waals surface area contributed by atoms with Gasteiger partial charge in [0.1, 0.15) is 16.8 Å². The highest BCUT2D eigenvalue weighted by Crippen LogP contribution is 2.26. The van der Waals surface area contributed by atoms with Gasteiger partial charge in [-0.25, -0.2) is 4.79 Å². The number of aromatic nitrogens is 2. The second kappa shape index (κ2) is 10.5. The fraction of sp³-hybridized carbons (Fsp3) is 0.273. The highest BCUT2D eigenvalue weighted by molar-refractivity contribution is 7.18. The minimum atomic E-state index is -0.736. The maximum atomic E-state index is 12.9. The quantitative estimate of drug-likeness (QED) is 0.483. The molecule has 162 valence electrons. The van der Waals surface area contributed by atoms with Crippen molar-refractivity contribution in [1.29, 1.82) is 0 Å². The van der Waals surface area contributed by atoms with Crippen LogP contribution in [0.5, 0.6) is 5.75 Å². The van der Waals surface area contributed by atoms with Gasteiger partial charge in [-0.1, -0.05) is 68.0 Å². The Morgan fingerprint density at radius 1 is 1.06 bits per heavy atom. The summed E-state index contributed by atoms with van der Waals surface area (Å²) in [4.78, 5) is 25.4. The smallest absolute Gasteiger partial charge is 0.319 e. The predicted molar refractivity (Wildman–Crippen MR) is 122 cm³/mol. The van der Waals surface area contributed by atoms with Crippen LogP contribution in [0.4, 0.5) is 15.6 Å². The first-order chi connectivity index (χ1) is 15.0. The van der Waals surface area contributed by atoms with Crippen molar-refractivity contribution in [3.8, 4) is 16.3 Å². The molecule has 0 aliphatic rings. The second-order valence-corrected chi connectivity index (χ2v) is 7.94. The average Bonchev–Trinajstić information content (AvgIpc) is 3.26. The molecule has 1 heterocycles. The number of methoxy groups -OCH3 is 1. The van der Waals surface area contributed by atoms with Gasteiger partial charge in [0, 0.05) is 17.3 Å². The van der Waals surface area contributed by atoms with Gasteiger partial charge in [0.25, 0.3) is 0 Å². The molecular formula is C22H25N5O3S. The molecule has 0 fully saturated rings. The van der Waals surface area contributed by atoms with Crippen molar-refractivity contribution in [3.05, 3.63) is 54.6 Å². The van der Waals surface area contributed by atoms with Crippen LogP contribution < -0.4 is 20.7 Å². The molecule has 0 radical (unpaired) electrons. The summed E-state index contributed by atoms with van der Waals surface area (Å²) >= 11 is 1.28. The summed E-state index contributed by atoms with van der Waals surface area (Å²) in [6.45, 7) is 3.87. The van der Waals surface area contributed by atoms with E-state index in [2.05, 4.69) is 26.1 Å². The number of carbonyl (C=O) groups excluding carboxylic acids is 2. The largest absolute Gasteiger partial charge is 0.497 e. The Bertz CT molecular complexity index is 1020. The molecule has 0 saturated heterocycles. The van der Waals surface area contributed by atoms with Gasteiger partial charge in [-0.2, -0.15) is 0 Å². The van der Waals surface area contributed by atoms with Gasteiger partial charge in [-0.15, -0.1) is 10.2 Å². The fourth-order valence-electron chi connectivity index (χ4n) is 2.87. The minimum absolute atomic E-state index is 0.0856. The molecule has 31 heavy (non-hydrogen) atoms. The van der Waals surface area contributed by atoms with Crippen LogP contribution >= 0.6 is 11.3 Å². The third-order valence-electron chi connectivity index (χ3n) is 4.79. The summed E-state index contributed by atoms with van der Waals surface area (Å²) in [5, 5.41) is 17.6. The Morgan fingerprint density at radius 3 is 2.55 bits per heavy atom. The van der Waals surface area contributed by atoms with Crippen LogP contribution in [0.25, 0.3) is 10.6 Å². The third-order valence-corrected chi connectivity index (χ3v) is 5.67.